The highest BCUT2D eigenvalue weighted by molar-refractivity contribution is 5.76. The van der Waals surface area contributed by atoms with Crippen molar-refractivity contribution in [3.63, 3.8) is 0 Å². The monoisotopic (exact) mass is 888 g/mol. The summed E-state index contributed by atoms with van der Waals surface area (Å²) < 4.78 is 5.48. The first-order valence-corrected chi connectivity index (χ1v) is 28.1. The van der Waals surface area contributed by atoms with Crippen molar-refractivity contribution < 1.29 is 24.5 Å². The molecule has 2 unspecified atom stereocenters. The van der Waals surface area contributed by atoms with E-state index in [9.17, 15) is 19.8 Å². The quantitative estimate of drug-likeness (QED) is 0.0321. The number of hydrogen-bond donors (Lipinski definition) is 3. The third-order valence-corrected chi connectivity index (χ3v) is 13.0. The van der Waals surface area contributed by atoms with Gasteiger partial charge in [-0.2, -0.15) is 0 Å². The molecule has 63 heavy (non-hydrogen) atoms. The van der Waals surface area contributed by atoms with Crippen LogP contribution < -0.4 is 5.32 Å². The second kappa shape index (κ2) is 53.0. The number of aliphatic hydroxyl groups excluding tert-OH is 2. The summed E-state index contributed by atoms with van der Waals surface area (Å²) in [4.78, 5) is 24.5. The SMILES string of the molecule is CCCCCCCCC/C=C\CCCCCCCCCC(=O)OCCCCCCCC/C=C\CCCCCCCCCC(=O)NC(CO)C(O)CCCCCCCCCCCCC. The number of ether oxygens (including phenoxy) is 1. The minimum atomic E-state index is -0.670. The van der Waals surface area contributed by atoms with E-state index in [0.717, 1.165) is 57.8 Å². The zero-order chi connectivity index (χ0) is 45.8. The lowest BCUT2D eigenvalue weighted by Crippen LogP contribution is -2.45. The van der Waals surface area contributed by atoms with Crippen LogP contribution in [0.1, 0.15) is 303 Å². The minimum absolute atomic E-state index is 0.00477. The third-order valence-electron chi connectivity index (χ3n) is 13.0. The van der Waals surface area contributed by atoms with E-state index in [2.05, 4.69) is 43.5 Å². The van der Waals surface area contributed by atoms with Crippen molar-refractivity contribution in [2.75, 3.05) is 13.2 Å². The lowest BCUT2D eigenvalue weighted by Gasteiger charge is -2.22. The Kier molecular flexibility index (Phi) is 51.6. The molecule has 0 saturated carbocycles. The molecule has 0 radical (unpaired) electrons. The molecular weight excluding hydrogens is 779 g/mol. The van der Waals surface area contributed by atoms with E-state index in [0.29, 0.717) is 25.9 Å². The van der Waals surface area contributed by atoms with E-state index in [1.807, 2.05) is 0 Å². The summed E-state index contributed by atoms with van der Waals surface area (Å²) in [7, 11) is 0. The molecule has 0 aromatic rings. The van der Waals surface area contributed by atoms with Crippen molar-refractivity contribution in [2.24, 2.45) is 0 Å². The zero-order valence-corrected chi connectivity index (χ0v) is 42.3. The maximum Gasteiger partial charge on any atom is 0.305 e. The molecule has 0 aromatic heterocycles. The van der Waals surface area contributed by atoms with E-state index in [-0.39, 0.29) is 18.5 Å². The van der Waals surface area contributed by atoms with Gasteiger partial charge in [-0.15, -0.1) is 0 Å². The molecule has 0 aliphatic heterocycles. The van der Waals surface area contributed by atoms with Gasteiger partial charge in [0.15, 0.2) is 0 Å². The van der Waals surface area contributed by atoms with Crippen LogP contribution in [-0.4, -0.2) is 47.4 Å². The average molecular weight is 889 g/mol. The van der Waals surface area contributed by atoms with Crippen molar-refractivity contribution in [3.8, 4) is 0 Å². The minimum Gasteiger partial charge on any atom is -0.466 e. The normalized spacial score (nSPS) is 12.8. The number of amides is 1. The van der Waals surface area contributed by atoms with Crippen LogP contribution in [0.5, 0.6) is 0 Å². The number of unbranched alkanes of at least 4 members (excludes halogenated alkanes) is 37. The molecule has 0 aliphatic rings. The van der Waals surface area contributed by atoms with Crippen LogP contribution in [0, 0.1) is 0 Å². The molecular formula is C57H109NO5. The molecule has 0 spiro atoms. The molecule has 0 aromatic carbocycles. The average Bonchev–Trinajstić information content (AvgIpc) is 3.28. The van der Waals surface area contributed by atoms with Gasteiger partial charge < -0.3 is 20.3 Å². The highest BCUT2D eigenvalue weighted by atomic mass is 16.5. The maximum absolute atomic E-state index is 12.4. The Morgan fingerprint density at radius 3 is 1.13 bits per heavy atom. The fourth-order valence-electron chi connectivity index (χ4n) is 8.63. The first-order chi connectivity index (χ1) is 31.0. The van der Waals surface area contributed by atoms with Crippen LogP contribution >= 0.6 is 0 Å². The Hall–Kier alpha value is -1.66. The fourth-order valence-corrected chi connectivity index (χ4v) is 8.63. The Balaban J connectivity index is 3.43. The van der Waals surface area contributed by atoms with Crippen LogP contribution in [0.15, 0.2) is 24.3 Å². The Bertz CT molecular complexity index is 982. The standard InChI is InChI=1S/C57H109NO5/c1-3-5-7-9-11-13-15-16-17-18-21-24-27-31-35-39-43-47-51-57(62)63-52-48-44-40-36-32-28-25-22-19-20-23-26-30-34-38-42-46-50-56(61)58-54(53-59)55(60)49-45-41-37-33-29-14-12-10-8-6-4-2/h17-19,22,54-55,59-60H,3-16,20-21,23-53H2,1-2H3,(H,58,61)/b18-17-,22-19-. The lowest BCUT2D eigenvalue weighted by molar-refractivity contribution is -0.143. The van der Waals surface area contributed by atoms with Gasteiger partial charge in [0.2, 0.25) is 5.91 Å². The van der Waals surface area contributed by atoms with Gasteiger partial charge in [0.1, 0.15) is 0 Å². The second-order valence-electron chi connectivity index (χ2n) is 19.3. The molecule has 372 valence electrons. The second-order valence-corrected chi connectivity index (χ2v) is 19.3. The number of esters is 1. The molecule has 6 nitrogen and oxygen atoms in total. The fraction of sp³-hybridized carbons (Fsp3) is 0.895. The van der Waals surface area contributed by atoms with Gasteiger partial charge >= 0.3 is 5.97 Å². The molecule has 6 heteroatoms. The van der Waals surface area contributed by atoms with Gasteiger partial charge in [0, 0.05) is 12.8 Å². The first kappa shape index (κ1) is 61.3. The van der Waals surface area contributed by atoms with Crippen LogP contribution in [-0.2, 0) is 14.3 Å². The van der Waals surface area contributed by atoms with Crippen molar-refractivity contribution >= 4 is 11.9 Å². The largest absolute Gasteiger partial charge is 0.466 e. The summed E-state index contributed by atoms with van der Waals surface area (Å²) in [6, 6.07) is -0.549. The molecule has 0 saturated heterocycles. The van der Waals surface area contributed by atoms with E-state index in [4.69, 9.17) is 4.74 Å². The topological polar surface area (TPSA) is 95.9 Å². The first-order valence-electron chi connectivity index (χ1n) is 28.1. The number of nitrogens with one attached hydrogen (secondary N) is 1. The molecule has 0 aliphatic carbocycles. The highest BCUT2D eigenvalue weighted by Crippen LogP contribution is 2.16. The van der Waals surface area contributed by atoms with Crippen molar-refractivity contribution in [3.05, 3.63) is 24.3 Å². The molecule has 3 N–H and O–H groups in total. The summed E-state index contributed by atoms with van der Waals surface area (Å²) in [6.45, 7) is 4.92. The molecule has 2 atom stereocenters. The Morgan fingerprint density at radius 1 is 0.429 bits per heavy atom. The summed E-state index contributed by atoms with van der Waals surface area (Å²) in [6.07, 6.45) is 63.1. The third kappa shape index (κ3) is 49.6. The van der Waals surface area contributed by atoms with Gasteiger partial charge in [0.05, 0.1) is 25.4 Å². The molecule has 0 rings (SSSR count). The van der Waals surface area contributed by atoms with Crippen LogP contribution in [0.2, 0.25) is 0 Å². The van der Waals surface area contributed by atoms with Gasteiger partial charge in [-0.1, -0.05) is 237 Å². The predicted octanol–water partition coefficient (Wildman–Crippen LogP) is 17.1. The number of rotatable bonds is 52. The number of hydrogen-bond acceptors (Lipinski definition) is 5. The van der Waals surface area contributed by atoms with Crippen LogP contribution in [0.4, 0.5) is 0 Å². The molecule has 0 fully saturated rings. The Labute approximate surface area is 392 Å². The van der Waals surface area contributed by atoms with Gasteiger partial charge in [0.25, 0.3) is 0 Å². The Morgan fingerprint density at radius 2 is 0.746 bits per heavy atom. The number of allylic oxidation sites excluding steroid dienone is 4. The molecule has 0 bridgehead atoms. The van der Waals surface area contributed by atoms with Gasteiger partial charge in [-0.3, -0.25) is 9.59 Å². The summed E-state index contributed by atoms with van der Waals surface area (Å²) >= 11 is 0. The van der Waals surface area contributed by atoms with Crippen LogP contribution in [0.25, 0.3) is 0 Å². The van der Waals surface area contributed by atoms with E-state index in [1.165, 1.54) is 212 Å². The highest BCUT2D eigenvalue weighted by Gasteiger charge is 2.20. The smallest absolute Gasteiger partial charge is 0.305 e. The van der Waals surface area contributed by atoms with E-state index >= 15 is 0 Å². The summed E-state index contributed by atoms with van der Waals surface area (Å²) in [5.74, 6) is -0.0527. The zero-order valence-electron chi connectivity index (χ0n) is 42.3. The summed E-state index contributed by atoms with van der Waals surface area (Å²) in [5.41, 5.74) is 0. The molecule has 0 heterocycles. The van der Waals surface area contributed by atoms with Crippen molar-refractivity contribution in [1.29, 1.82) is 0 Å². The van der Waals surface area contributed by atoms with Gasteiger partial charge in [-0.25, -0.2) is 0 Å². The van der Waals surface area contributed by atoms with Crippen molar-refractivity contribution in [2.45, 2.75) is 315 Å². The van der Waals surface area contributed by atoms with Crippen molar-refractivity contribution in [1.82, 2.24) is 5.32 Å². The van der Waals surface area contributed by atoms with Crippen LogP contribution in [0.3, 0.4) is 0 Å². The maximum atomic E-state index is 12.4. The number of carbonyl (C=O) groups is 2. The van der Waals surface area contributed by atoms with E-state index in [1.54, 1.807) is 0 Å². The van der Waals surface area contributed by atoms with E-state index < -0.39 is 12.1 Å². The number of aliphatic hydroxyl groups is 2. The number of carbonyl (C=O) groups excluding carboxylic acids is 2. The van der Waals surface area contributed by atoms with Gasteiger partial charge in [-0.05, 0) is 77.0 Å². The summed E-state index contributed by atoms with van der Waals surface area (Å²) in [5, 5.41) is 23.1. The predicted molar refractivity (Wildman–Crippen MR) is 273 cm³/mol. The molecule has 1 amide bonds. The lowest BCUT2D eigenvalue weighted by atomic mass is 10.0.